The first-order valence-electron chi connectivity index (χ1n) is 5.55. The molecule has 1 N–H and O–H groups in total. The molecule has 2 aromatic heterocycles. The number of carbonyl (C=O) groups is 1. The van der Waals surface area contributed by atoms with Crippen LogP contribution in [0.4, 0.5) is 13.2 Å². The molecule has 2 aromatic rings. The summed E-state index contributed by atoms with van der Waals surface area (Å²) in [6.45, 7) is 1.75. The predicted octanol–water partition coefficient (Wildman–Crippen LogP) is 3.05. The molecule has 21 heavy (non-hydrogen) atoms. The van der Waals surface area contributed by atoms with E-state index < -0.39 is 17.8 Å². The molecule has 0 atom stereocenters. The van der Waals surface area contributed by atoms with E-state index in [4.69, 9.17) is 5.11 Å². The number of pyridine rings is 1. The van der Waals surface area contributed by atoms with E-state index in [0.717, 1.165) is 11.6 Å². The van der Waals surface area contributed by atoms with E-state index in [1.807, 2.05) is 0 Å². The quantitative estimate of drug-likeness (QED) is 0.877. The largest absolute Gasteiger partial charge is 0.478 e. The number of hydrogen-bond acceptors (Lipinski definition) is 5. The van der Waals surface area contributed by atoms with Gasteiger partial charge < -0.3 is 5.11 Å². The highest BCUT2D eigenvalue weighted by molar-refractivity contribution is 7.99. The van der Waals surface area contributed by atoms with Crippen LogP contribution < -0.4 is 0 Å². The molecule has 9 heteroatoms. The Kier molecular flexibility index (Phi) is 4.12. The van der Waals surface area contributed by atoms with Crippen LogP contribution in [0.15, 0.2) is 34.7 Å². The van der Waals surface area contributed by atoms with Crippen LogP contribution in [0.3, 0.4) is 0 Å². The fraction of sp³-hybridized carbons (Fsp3) is 0.167. The van der Waals surface area contributed by atoms with E-state index >= 15 is 0 Å². The number of aromatic nitrogens is 3. The molecule has 0 aromatic carbocycles. The lowest BCUT2D eigenvalue weighted by molar-refractivity contribution is -0.141. The number of carboxylic acids is 1. The van der Waals surface area contributed by atoms with Gasteiger partial charge in [0.1, 0.15) is 10.7 Å². The summed E-state index contributed by atoms with van der Waals surface area (Å²) in [6, 6.07) is 1.50. The molecule has 0 amide bonds. The van der Waals surface area contributed by atoms with Crippen molar-refractivity contribution in [2.75, 3.05) is 0 Å². The predicted molar refractivity (Wildman–Crippen MR) is 67.1 cm³/mol. The van der Waals surface area contributed by atoms with Crippen LogP contribution in [0, 0.1) is 6.92 Å². The van der Waals surface area contributed by atoms with Gasteiger partial charge in [-0.2, -0.15) is 13.2 Å². The molecule has 0 aliphatic heterocycles. The topological polar surface area (TPSA) is 76.0 Å². The zero-order chi connectivity index (χ0) is 15.6. The average Bonchev–Trinajstić information content (AvgIpc) is 2.40. The maximum Gasteiger partial charge on any atom is 0.433 e. The number of halogens is 3. The van der Waals surface area contributed by atoms with Crippen molar-refractivity contribution in [3.63, 3.8) is 0 Å². The molecule has 5 nitrogen and oxygen atoms in total. The zero-order valence-corrected chi connectivity index (χ0v) is 11.4. The molecule has 0 fully saturated rings. The molecule has 0 bridgehead atoms. The van der Waals surface area contributed by atoms with Gasteiger partial charge in [-0.3, -0.25) is 0 Å². The summed E-state index contributed by atoms with van der Waals surface area (Å²) < 4.78 is 37.9. The molecule has 2 rings (SSSR count). The summed E-state index contributed by atoms with van der Waals surface area (Å²) in [6.07, 6.45) is -1.70. The number of alkyl halides is 3. The first-order chi connectivity index (χ1) is 9.77. The van der Waals surface area contributed by atoms with Crippen molar-refractivity contribution in [3.8, 4) is 0 Å². The molecule has 0 aliphatic rings. The summed E-state index contributed by atoms with van der Waals surface area (Å²) in [4.78, 5) is 22.2. The number of hydrogen-bond donors (Lipinski definition) is 1. The van der Waals surface area contributed by atoms with Gasteiger partial charge in [-0.25, -0.2) is 19.7 Å². The fourth-order valence-electron chi connectivity index (χ4n) is 1.36. The standard InChI is InChI=1S/C12H8F3N3O2S/c1-6-4-16-11(17-5-6)21-9-7(10(19)20)2-3-8(18-9)12(13,14)15/h2-5H,1H3,(H,19,20). The maximum absolute atomic E-state index is 12.6. The SMILES string of the molecule is Cc1cnc(Sc2nc(C(F)(F)F)ccc2C(=O)O)nc1. The second kappa shape index (κ2) is 5.68. The summed E-state index contributed by atoms with van der Waals surface area (Å²) in [5.74, 6) is -1.37. The lowest BCUT2D eigenvalue weighted by atomic mass is 10.2. The molecule has 0 spiro atoms. The Hall–Kier alpha value is -2.16. The Labute approximate surface area is 121 Å². The van der Waals surface area contributed by atoms with E-state index in [0.29, 0.717) is 17.8 Å². The van der Waals surface area contributed by atoms with Gasteiger partial charge in [-0.15, -0.1) is 0 Å². The molecule has 0 radical (unpaired) electrons. The number of carboxylic acid groups (broad SMARTS) is 1. The van der Waals surface area contributed by atoms with Crippen molar-refractivity contribution >= 4 is 17.7 Å². The Morgan fingerprint density at radius 3 is 2.38 bits per heavy atom. The summed E-state index contributed by atoms with van der Waals surface area (Å²) in [7, 11) is 0. The summed E-state index contributed by atoms with van der Waals surface area (Å²) in [5, 5.41) is 8.82. The maximum atomic E-state index is 12.6. The third-order valence-electron chi connectivity index (χ3n) is 2.33. The average molecular weight is 315 g/mol. The fourth-order valence-corrected chi connectivity index (χ4v) is 2.15. The third kappa shape index (κ3) is 3.69. The van der Waals surface area contributed by atoms with E-state index in [2.05, 4.69) is 15.0 Å². The highest BCUT2D eigenvalue weighted by atomic mass is 32.2. The Bertz CT molecular complexity index is 674. The van der Waals surface area contributed by atoms with Crippen LogP contribution in [0.1, 0.15) is 21.6 Å². The van der Waals surface area contributed by atoms with Gasteiger partial charge in [0, 0.05) is 12.4 Å². The van der Waals surface area contributed by atoms with Gasteiger partial charge in [0.05, 0.1) is 5.56 Å². The van der Waals surface area contributed by atoms with E-state index in [1.165, 1.54) is 12.4 Å². The van der Waals surface area contributed by atoms with Crippen LogP contribution in [0.2, 0.25) is 0 Å². The Morgan fingerprint density at radius 1 is 1.24 bits per heavy atom. The van der Waals surface area contributed by atoms with E-state index in [9.17, 15) is 18.0 Å². The minimum atomic E-state index is -4.65. The lowest BCUT2D eigenvalue weighted by Crippen LogP contribution is -2.11. The van der Waals surface area contributed by atoms with Crippen molar-refractivity contribution in [3.05, 3.63) is 41.3 Å². The first kappa shape index (κ1) is 15.2. The molecule has 2 heterocycles. The molecule has 0 saturated carbocycles. The highest BCUT2D eigenvalue weighted by Crippen LogP contribution is 2.32. The van der Waals surface area contributed by atoms with E-state index in [-0.39, 0.29) is 15.7 Å². The lowest BCUT2D eigenvalue weighted by Gasteiger charge is -2.09. The Balaban J connectivity index is 2.43. The molecular formula is C12H8F3N3O2S. The third-order valence-corrected chi connectivity index (χ3v) is 3.22. The number of aromatic carboxylic acids is 1. The molecular weight excluding hydrogens is 307 g/mol. The smallest absolute Gasteiger partial charge is 0.433 e. The van der Waals surface area contributed by atoms with Gasteiger partial charge in [-0.1, -0.05) is 0 Å². The van der Waals surface area contributed by atoms with Crippen LogP contribution in [-0.2, 0) is 6.18 Å². The van der Waals surface area contributed by atoms with Crippen LogP contribution >= 0.6 is 11.8 Å². The minimum absolute atomic E-state index is 0.120. The van der Waals surface area contributed by atoms with Gasteiger partial charge in [0.15, 0.2) is 5.16 Å². The number of aryl methyl sites for hydroxylation is 1. The van der Waals surface area contributed by atoms with Crippen molar-refractivity contribution < 1.29 is 23.1 Å². The number of rotatable bonds is 3. The highest BCUT2D eigenvalue weighted by Gasteiger charge is 2.33. The van der Waals surface area contributed by atoms with Gasteiger partial charge in [0.2, 0.25) is 0 Å². The molecule has 0 unspecified atom stereocenters. The molecule has 0 saturated heterocycles. The second-order valence-corrected chi connectivity index (χ2v) is 4.95. The van der Waals surface area contributed by atoms with Gasteiger partial charge in [-0.05, 0) is 36.4 Å². The van der Waals surface area contributed by atoms with Gasteiger partial charge in [0.25, 0.3) is 0 Å². The minimum Gasteiger partial charge on any atom is -0.478 e. The monoisotopic (exact) mass is 315 g/mol. The summed E-state index contributed by atoms with van der Waals surface area (Å²) >= 11 is 0.667. The second-order valence-electron chi connectivity index (χ2n) is 4.00. The van der Waals surface area contributed by atoms with Crippen molar-refractivity contribution in [1.29, 1.82) is 0 Å². The first-order valence-corrected chi connectivity index (χ1v) is 6.37. The van der Waals surface area contributed by atoms with Crippen molar-refractivity contribution in [1.82, 2.24) is 15.0 Å². The molecule has 0 aliphatic carbocycles. The van der Waals surface area contributed by atoms with Crippen LogP contribution in [-0.4, -0.2) is 26.0 Å². The number of nitrogens with zero attached hydrogens (tertiary/aromatic N) is 3. The summed E-state index contributed by atoms with van der Waals surface area (Å²) in [5.41, 5.74) is -0.728. The van der Waals surface area contributed by atoms with Crippen molar-refractivity contribution in [2.45, 2.75) is 23.3 Å². The van der Waals surface area contributed by atoms with E-state index in [1.54, 1.807) is 6.92 Å². The van der Waals surface area contributed by atoms with Gasteiger partial charge >= 0.3 is 12.1 Å². The van der Waals surface area contributed by atoms with Crippen LogP contribution in [0.5, 0.6) is 0 Å². The normalized spacial score (nSPS) is 11.4. The van der Waals surface area contributed by atoms with Crippen molar-refractivity contribution in [2.24, 2.45) is 0 Å². The van der Waals surface area contributed by atoms with Crippen LogP contribution in [0.25, 0.3) is 0 Å². The Morgan fingerprint density at radius 2 is 1.86 bits per heavy atom. The molecule has 110 valence electrons. The zero-order valence-electron chi connectivity index (χ0n) is 10.5.